The van der Waals surface area contributed by atoms with Gasteiger partial charge in [0.15, 0.2) is 0 Å². The summed E-state index contributed by atoms with van der Waals surface area (Å²) in [6.45, 7) is 8.74. The average molecular weight is 607 g/mol. The summed E-state index contributed by atoms with van der Waals surface area (Å²) in [4.78, 5) is 2.15. The fourth-order valence-corrected chi connectivity index (χ4v) is 7.99. The Morgan fingerprint density at radius 2 is 1.00 bits per heavy atom. The SMILES string of the molecule is CCCCCCCCOc1ccc(S(=O)(=O)C(=[N+]=[N-])S(=O)(=O)c2ccc(OCCCCCCCC)c(C)c2)cc1C. The topological polar surface area (TPSA) is 123 Å². The number of unbranched alkanes of at least 4 members (excludes halogenated alkanes) is 10. The van der Waals surface area contributed by atoms with Crippen molar-refractivity contribution in [3.63, 3.8) is 0 Å². The van der Waals surface area contributed by atoms with Gasteiger partial charge in [-0.1, -0.05) is 78.1 Å². The first-order valence-electron chi connectivity index (χ1n) is 14.8. The molecule has 0 atom stereocenters. The lowest BCUT2D eigenvalue weighted by atomic mass is 10.1. The Morgan fingerprint density at radius 3 is 1.34 bits per heavy atom. The summed E-state index contributed by atoms with van der Waals surface area (Å²) in [7, 11) is -9.32. The van der Waals surface area contributed by atoms with Crippen LogP contribution in [0.3, 0.4) is 0 Å². The van der Waals surface area contributed by atoms with E-state index in [9.17, 15) is 22.4 Å². The summed E-state index contributed by atoms with van der Waals surface area (Å²) in [5, 5.41) is 0. The lowest BCUT2D eigenvalue weighted by Crippen LogP contribution is -2.26. The van der Waals surface area contributed by atoms with Gasteiger partial charge in [0.2, 0.25) is 0 Å². The van der Waals surface area contributed by atoms with Crippen LogP contribution in [0.15, 0.2) is 46.2 Å². The summed E-state index contributed by atoms with van der Waals surface area (Å²) in [6.07, 6.45) is 13.5. The molecule has 8 nitrogen and oxygen atoms in total. The van der Waals surface area contributed by atoms with Crippen LogP contribution >= 0.6 is 0 Å². The Kier molecular flexibility index (Phi) is 14.6. The molecule has 0 aliphatic rings. The van der Waals surface area contributed by atoms with Crippen LogP contribution in [0, 0.1) is 13.8 Å². The lowest BCUT2D eigenvalue weighted by molar-refractivity contribution is 0.00380. The lowest BCUT2D eigenvalue weighted by Gasteiger charge is -2.11. The molecule has 10 heteroatoms. The van der Waals surface area contributed by atoms with Gasteiger partial charge in [-0.05, 0) is 74.2 Å². The number of aryl methyl sites for hydroxylation is 2. The third-order valence-corrected chi connectivity index (χ3v) is 11.1. The molecule has 0 fully saturated rings. The summed E-state index contributed by atoms with van der Waals surface area (Å²) in [6, 6.07) is 8.20. The maximum Gasteiger partial charge on any atom is 0.504 e. The Hall–Kier alpha value is -2.68. The largest absolute Gasteiger partial charge is 0.504 e. The molecule has 0 spiro atoms. The van der Waals surface area contributed by atoms with Crippen molar-refractivity contribution in [1.29, 1.82) is 0 Å². The summed E-state index contributed by atoms with van der Waals surface area (Å²) in [5.74, 6) is 1.05. The van der Waals surface area contributed by atoms with Crippen LogP contribution in [0.1, 0.15) is 102 Å². The zero-order chi connectivity index (χ0) is 30.3. The second-order valence-electron chi connectivity index (χ2n) is 10.5. The molecular formula is C31H46N2O6S2. The van der Waals surface area contributed by atoms with Crippen molar-refractivity contribution >= 4 is 24.1 Å². The molecule has 0 radical (unpaired) electrons. The van der Waals surface area contributed by atoms with Crippen molar-refractivity contribution in [3.8, 4) is 11.5 Å². The average Bonchev–Trinajstić information content (AvgIpc) is 2.93. The van der Waals surface area contributed by atoms with Gasteiger partial charge in [0.1, 0.15) is 11.5 Å². The highest BCUT2D eigenvalue weighted by molar-refractivity contribution is 8.31. The number of ether oxygens (including phenoxy) is 2. The highest BCUT2D eigenvalue weighted by Crippen LogP contribution is 2.28. The molecule has 0 aromatic heterocycles. The molecular weight excluding hydrogens is 560 g/mol. The minimum atomic E-state index is -4.66. The van der Waals surface area contributed by atoms with Crippen molar-refractivity contribution < 1.29 is 31.1 Å². The summed E-state index contributed by atoms with van der Waals surface area (Å²) < 4.78 is 63.6. The number of hydrogen-bond acceptors (Lipinski definition) is 6. The molecule has 0 saturated heterocycles. The van der Waals surface area contributed by atoms with Crippen molar-refractivity contribution in [2.45, 2.75) is 115 Å². The first-order chi connectivity index (χ1) is 19.6. The fraction of sp³-hybridized carbons (Fsp3) is 0.581. The van der Waals surface area contributed by atoms with Gasteiger partial charge in [0.25, 0.3) is 19.7 Å². The molecule has 41 heavy (non-hydrogen) atoms. The standard InChI is InChI=1S/C31H46N2O6S2/c1-5-7-9-11-13-15-21-38-29-19-17-27(23-25(29)3)40(34,35)31(33-32)41(36,37)28-18-20-30(26(4)24-28)39-22-16-14-12-10-8-6-2/h17-20,23-24H,5-16,21-22H2,1-4H3. The molecule has 0 amide bonds. The van der Waals surface area contributed by atoms with E-state index in [1.807, 2.05) is 0 Å². The van der Waals surface area contributed by atoms with Crippen LogP contribution < -0.4 is 9.47 Å². The smallest absolute Gasteiger partial charge is 0.493 e. The number of hydrogen-bond donors (Lipinski definition) is 0. The van der Waals surface area contributed by atoms with Crippen molar-refractivity contribution in [1.82, 2.24) is 0 Å². The molecule has 0 saturated carbocycles. The Morgan fingerprint density at radius 1 is 0.634 bits per heavy atom. The number of nitrogens with zero attached hydrogens (tertiary/aromatic N) is 2. The summed E-state index contributed by atoms with van der Waals surface area (Å²) >= 11 is 0. The highest BCUT2D eigenvalue weighted by atomic mass is 32.3. The van der Waals surface area contributed by atoms with E-state index in [-0.39, 0.29) is 9.79 Å². The number of benzene rings is 2. The van der Waals surface area contributed by atoms with Crippen molar-refractivity contribution in [2.75, 3.05) is 13.2 Å². The predicted octanol–water partition coefficient (Wildman–Crippen LogP) is 7.62. The zero-order valence-corrected chi connectivity index (χ0v) is 26.7. The van der Waals surface area contributed by atoms with E-state index in [1.54, 1.807) is 13.8 Å². The minimum Gasteiger partial charge on any atom is -0.493 e. The zero-order valence-electron chi connectivity index (χ0n) is 25.0. The van der Waals surface area contributed by atoms with Gasteiger partial charge in [-0.2, -0.15) is 0 Å². The first-order valence-corrected chi connectivity index (χ1v) is 17.7. The monoisotopic (exact) mass is 606 g/mol. The molecule has 228 valence electrons. The molecule has 0 bridgehead atoms. The fourth-order valence-electron chi connectivity index (χ4n) is 4.48. The maximum atomic E-state index is 13.3. The van der Waals surface area contributed by atoms with Crippen LogP contribution in [0.2, 0.25) is 0 Å². The van der Waals surface area contributed by atoms with E-state index in [2.05, 4.69) is 18.6 Å². The van der Waals surface area contributed by atoms with E-state index in [0.29, 0.717) is 35.8 Å². The van der Waals surface area contributed by atoms with Crippen LogP contribution in [0.5, 0.6) is 11.5 Å². The third kappa shape index (κ3) is 10.3. The molecule has 2 rings (SSSR count). The predicted molar refractivity (Wildman–Crippen MR) is 163 cm³/mol. The molecule has 0 aliphatic carbocycles. The highest BCUT2D eigenvalue weighted by Gasteiger charge is 2.44. The Bertz CT molecular complexity index is 1280. The van der Waals surface area contributed by atoms with E-state index >= 15 is 0 Å². The van der Waals surface area contributed by atoms with E-state index < -0.39 is 24.1 Å². The van der Waals surface area contributed by atoms with E-state index in [1.165, 1.54) is 74.9 Å². The maximum absolute atomic E-state index is 13.3. The van der Waals surface area contributed by atoms with Crippen LogP contribution in [0.25, 0.3) is 5.53 Å². The van der Waals surface area contributed by atoms with Gasteiger partial charge < -0.3 is 15.0 Å². The van der Waals surface area contributed by atoms with Gasteiger partial charge >= 0.3 is 4.38 Å². The first kappa shape index (κ1) is 34.5. The molecule has 2 aromatic carbocycles. The Balaban J connectivity index is 2.10. The Labute approximate surface area is 246 Å². The van der Waals surface area contributed by atoms with E-state index in [4.69, 9.17) is 9.47 Å². The number of sulfone groups is 2. The van der Waals surface area contributed by atoms with Crippen LogP contribution in [-0.4, -0.2) is 39.2 Å². The van der Waals surface area contributed by atoms with Gasteiger partial charge in [-0.15, -0.1) is 4.79 Å². The van der Waals surface area contributed by atoms with Crippen molar-refractivity contribution in [2.24, 2.45) is 0 Å². The van der Waals surface area contributed by atoms with Gasteiger partial charge in [-0.3, -0.25) is 0 Å². The second kappa shape index (κ2) is 17.3. The second-order valence-corrected chi connectivity index (χ2v) is 14.4. The molecule has 0 unspecified atom stereocenters. The van der Waals surface area contributed by atoms with Gasteiger partial charge in [-0.25, -0.2) is 16.8 Å². The third-order valence-electron chi connectivity index (χ3n) is 6.97. The van der Waals surface area contributed by atoms with Gasteiger partial charge in [0.05, 0.1) is 23.0 Å². The van der Waals surface area contributed by atoms with Crippen LogP contribution in [0.4, 0.5) is 0 Å². The van der Waals surface area contributed by atoms with E-state index in [0.717, 1.165) is 38.5 Å². The molecule has 0 N–H and O–H groups in total. The molecule has 2 aromatic rings. The quantitative estimate of drug-likeness (QED) is 0.0565. The molecule has 0 heterocycles. The molecule has 0 aliphatic heterocycles. The number of rotatable bonds is 18. The minimum absolute atomic E-state index is 0.297. The van der Waals surface area contributed by atoms with Gasteiger partial charge in [0, 0.05) is 0 Å². The summed E-state index contributed by atoms with van der Waals surface area (Å²) in [5.41, 5.74) is 10.7. The normalized spacial score (nSPS) is 11.7. The van der Waals surface area contributed by atoms with Crippen LogP contribution in [-0.2, 0) is 19.7 Å². The van der Waals surface area contributed by atoms with Crippen molar-refractivity contribution in [3.05, 3.63) is 53.1 Å².